The molecule has 15 heavy (non-hydrogen) atoms. The van der Waals surface area contributed by atoms with Gasteiger partial charge in [0.2, 0.25) is 0 Å². The van der Waals surface area contributed by atoms with Gasteiger partial charge in [0.05, 0.1) is 20.8 Å². The van der Waals surface area contributed by atoms with E-state index >= 15 is 0 Å². The van der Waals surface area contributed by atoms with E-state index < -0.39 is 11.9 Å². The maximum absolute atomic E-state index is 11.3. The molecular weight excluding hydrogens is 196 g/mol. The van der Waals surface area contributed by atoms with Crippen molar-refractivity contribution in [2.45, 2.75) is 5.92 Å². The van der Waals surface area contributed by atoms with Gasteiger partial charge >= 0.3 is 5.97 Å². The molecule has 0 saturated heterocycles. The van der Waals surface area contributed by atoms with E-state index in [4.69, 9.17) is 9.84 Å². The van der Waals surface area contributed by atoms with Crippen LogP contribution in [0, 0.1) is 0 Å². The molecule has 0 fully saturated rings. The van der Waals surface area contributed by atoms with Crippen molar-refractivity contribution in [3.63, 3.8) is 0 Å². The van der Waals surface area contributed by atoms with Crippen LogP contribution < -0.4 is 4.74 Å². The molecule has 0 aromatic heterocycles. The molecule has 0 saturated carbocycles. The molecule has 4 heteroatoms. The van der Waals surface area contributed by atoms with E-state index in [-0.39, 0.29) is 6.61 Å². The Labute approximate surface area is 88.4 Å². The average molecular weight is 210 g/mol. The number of hydrogen-bond acceptors (Lipinski definition) is 4. The molecule has 0 spiro atoms. The van der Waals surface area contributed by atoms with Crippen LogP contribution in [0.15, 0.2) is 24.3 Å². The topological polar surface area (TPSA) is 55.8 Å². The van der Waals surface area contributed by atoms with Crippen molar-refractivity contribution in [2.24, 2.45) is 0 Å². The molecule has 1 aromatic rings. The van der Waals surface area contributed by atoms with Gasteiger partial charge in [-0.2, -0.15) is 0 Å². The summed E-state index contributed by atoms with van der Waals surface area (Å²) < 4.78 is 9.57. The molecule has 1 atom stereocenters. The zero-order valence-electron chi connectivity index (χ0n) is 8.77. The Hall–Kier alpha value is -1.55. The van der Waals surface area contributed by atoms with E-state index in [1.807, 2.05) is 0 Å². The first-order chi connectivity index (χ1) is 7.22. The number of rotatable bonds is 4. The van der Waals surface area contributed by atoms with E-state index in [2.05, 4.69) is 4.74 Å². The zero-order chi connectivity index (χ0) is 11.3. The van der Waals surface area contributed by atoms with Gasteiger partial charge in [-0.3, -0.25) is 4.79 Å². The number of aliphatic hydroxyl groups is 1. The molecule has 0 aliphatic carbocycles. The third kappa shape index (κ3) is 2.70. The highest BCUT2D eigenvalue weighted by molar-refractivity contribution is 5.78. The van der Waals surface area contributed by atoms with Crippen LogP contribution in [0.5, 0.6) is 5.75 Å². The molecule has 1 unspecified atom stereocenters. The van der Waals surface area contributed by atoms with E-state index in [1.54, 1.807) is 31.4 Å². The minimum Gasteiger partial charge on any atom is -0.497 e. The third-order valence-corrected chi connectivity index (χ3v) is 2.19. The van der Waals surface area contributed by atoms with Crippen LogP contribution in [0.1, 0.15) is 11.5 Å². The van der Waals surface area contributed by atoms with Gasteiger partial charge < -0.3 is 14.6 Å². The lowest BCUT2D eigenvalue weighted by Gasteiger charge is -2.12. The minimum absolute atomic E-state index is 0.265. The van der Waals surface area contributed by atoms with Crippen molar-refractivity contribution >= 4 is 5.97 Å². The Kier molecular flexibility index (Phi) is 4.12. The molecule has 0 bridgehead atoms. The number of aliphatic hydroxyl groups excluding tert-OH is 1. The number of ether oxygens (including phenoxy) is 2. The van der Waals surface area contributed by atoms with Crippen LogP contribution >= 0.6 is 0 Å². The smallest absolute Gasteiger partial charge is 0.315 e. The van der Waals surface area contributed by atoms with Crippen LogP contribution in [0.25, 0.3) is 0 Å². The van der Waals surface area contributed by atoms with Crippen LogP contribution in [-0.2, 0) is 9.53 Å². The van der Waals surface area contributed by atoms with Gasteiger partial charge in [-0.05, 0) is 17.7 Å². The van der Waals surface area contributed by atoms with E-state index in [0.717, 1.165) is 0 Å². The summed E-state index contributed by atoms with van der Waals surface area (Å²) in [5.74, 6) is -0.358. The quantitative estimate of drug-likeness (QED) is 0.751. The van der Waals surface area contributed by atoms with Crippen LogP contribution in [0.3, 0.4) is 0 Å². The molecule has 82 valence electrons. The van der Waals surface area contributed by atoms with Crippen LogP contribution in [0.2, 0.25) is 0 Å². The van der Waals surface area contributed by atoms with E-state index in [0.29, 0.717) is 11.3 Å². The summed E-state index contributed by atoms with van der Waals surface area (Å²) in [6, 6.07) is 6.94. The molecule has 1 aromatic carbocycles. The average Bonchev–Trinajstić information content (AvgIpc) is 2.30. The fraction of sp³-hybridized carbons (Fsp3) is 0.364. The summed E-state index contributed by atoms with van der Waals surface area (Å²) in [5, 5.41) is 9.08. The van der Waals surface area contributed by atoms with Crippen molar-refractivity contribution in [2.75, 3.05) is 20.8 Å². The van der Waals surface area contributed by atoms with Gasteiger partial charge in [0, 0.05) is 0 Å². The van der Waals surface area contributed by atoms with Crippen molar-refractivity contribution in [1.82, 2.24) is 0 Å². The fourth-order valence-electron chi connectivity index (χ4n) is 1.29. The number of methoxy groups -OCH3 is 2. The number of hydrogen-bond donors (Lipinski definition) is 1. The maximum Gasteiger partial charge on any atom is 0.315 e. The summed E-state index contributed by atoms with van der Waals surface area (Å²) in [6.45, 7) is -0.265. The van der Waals surface area contributed by atoms with E-state index in [9.17, 15) is 4.79 Å². The van der Waals surface area contributed by atoms with Crippen molar-refractivity contribution in [3.8, 4) is 5.75 Å². The predicted octanol–water partition coefficient (Wildman–Crippen LogP) is 0.944. The Morgan fingerprint density at radius 2 is 1.93 bits per heavy atom. The van der Waals surface area contributed by atoms with Gasteiger partial charge in [-0.25, -0.2) is 0 Å². The molecule has 0 radical (unpaired) electrons. The lowest BCUT2D eigenvalue weighted by atomic mass is 10.0. The van der Waals surface area contributed by atoms with Gasteiger partial charge in [0.1, 0.15) is 11.7 Å². The highest BCUT2D eigenvalue weighted by atomic mass is 16.5. The first-order valence-corrected chi connectivity index (χ1v) is 4.55. The molecule has 0 amide bonds. The zero-order valence-corrected chi connectivity index (χ0v) is 8.77. The SMILES string of the molecule is COC(=O)C(CO)c1ccc(OC)cc1. The Balaban J connectivity index is 2.87. The summed E-state index contributed by atoms with van der Waals surface area (Å²) in [4.78, 5) is 11.3. The van der Waals surface area contributed by atoms with Crippen molar-refractivity contribution < 1.29 is 19.4 Å². The van der Waals surface area contributed by atoms with Gasteiger partial charge in [0.25, 0.3) is 0 Å². The summed E-state index contributed by atoms with van der Waals surface area (Å²) in [6.07, 6.45) is 0. The second-order valence-corrected chi connectivity index (χ2v) is 3.03. The van der Waals surface area contributed by atoms with Crippen LogP contribution in [0.4, 0.5) is 0 Å². The van der Waals surface area contributed by atoms with Gasteiger partial charge in [0.15, 0.2) is 0 Å². The number of esters is 1. The number of benzene rings is 1. The maximum atomic E-state index is 11.3. The predicted molar refractivity (Wildman–Crippen MR) is 54.8 cm³/mol. The summed E-state index contributed by atoms with van der Waals surface area (Å²) in [7, 11) is 2.87. The molecule has 0 aliphatic rings. The molecular formula is C11H14O4. The Morgan fingerprint density at radius 3 is 2.33 bits per heavy atom. The third-order valence-electron chi connectivity index (χ3n) is 2.19. The Morgan fingerprint density at radius 1 is 1.33 bits per heavy atom. The fourth-order valence-corrected chi connectivity index (χ4v) is 1.29. The Bertz CT molecular complexity index is 318. The normalized spacial score (nSPS) is 11.9. The largest absolute Gasteiger partial charge is 0.497 e. The lowest BCUT2D eigenvalue weighted by Crippen LogP contribution is -2.17. The minimum atomic E-state index is -0.624. The molecule has 0 heterocycles. The second-order valence-electron chi connectivity index (χ2n) is 3.03. The summed E-state index contributed by atoms with van der Waals surface area (Å²) >= 11 is 0. The summed E-state index contributed by atoms with van der Waals surface area (Å²) in [5.41, 5.74) is 0.713. The molecule has 1 rings (SSSR count). The van der Waals surface area contributed by atoms with Gasteiger partial charge in [-0.15, -0.1) is 0 Å². The standard InChI is InChI=1S/C11H14O4/c1-14-9-5-3-8(4-6-9)10(7-12)11(13)15-2/h3-6,10,12H,7H2,1-2H3. The number of carbonyl (C=O) groups is 1. The monoisotopic (exact) mass is 210 g/mol. The highest BCUT2D eigenvalue weighted by Gasteiger charge is 2.20. The molecule has 4 nitrogen and oxygen atoms in total. The highest BCUT2D eigenvalue weighted by Crippen LogP contribution is 2.20. The van der Waals surface area contributed by atoms with Gasteiger partial charge in [-0.1, -0.05) is 12.1 Å². The van der Waals surface area contributed by atoms with E-state index in [1.165, 1.54) is 7.11 Å². The van der Waals surface area contributed by atoms with Crippen molar-refractivity contribution in [1.29, 1.82) is 0 Å². The van der Waals surface area contributed by atoms with Crippen LogP contribution in [-0.4, -0.2) is 31.9 Å². The number of carbonyl (C=O) groups excluding carboxylic acids is 1. The lowest BCUT2D eigenvalue weighted by molar-refractivity contribution is -0.143. The second kappa shape index (κ2) is 5.36. The molecule has 1 N–H and O–H groups in total. The first kappa shape index (κ1) is 11.5. The first-order valence-electron chi connectivity index (χ1n) is 4.55. The van der Waals surface area contributed by atoms with Crippen molar-refractivity contribution in [3.05, 3.63) is 29.8 Å². The molecule has 0 aliphatic heterocycles.